The van der Waals surface area contributed by atoms with E-state index in [1.165, 1.54) is 24.1 Å². The molecule has 1 atom stereocenters. The number of pyridine rings is 1. The van der Waals surface area contributed by atoms with Crippen LogP contribution < -0.4 is 4.74 Å². The third kappa shape index (κ3) is 3.93. The summed E-state index contributed by atoms with van der Waals surface area (Å²) in [5.74, 6) is -1.77. The fourth-order valence-electron chi connectivity index (χ4n) is 3.29. The van der Waals surface area contributed by atoms with E-state index in [4.69, 9.17) is 4.74 Å². The number of hydrogen-bond donors (Lipinski definition) is 2. The van der Waals surface area contributed by atoms with Crippen molar-refractivity contribution in [3.05, 3.63) is 59.4 Å². The molecule has 2 heterocycles. The number of aliphatic hydroxyl groups excluding tert-OH is 1. The Morgan fingerprint density at radius 2 is 1.90 bits per heavy atom. The number of phenols is 1. The minimum atomic E-state index is -0.793. The fourth-order valence-corrected chi connectivity index (χ4v) is 3.29. The molecule has 1 amide bonds. The summed E-state index contributed by atoms with van der Waals surface area (Å²) in [4.78, 5) is 32.9. The highest BCUT2D eigenvalue weighted by Gasteiger charge is 2.46. The summed E-state index contributed by atoms with van der Waals surface area (Å²) in [7, 11) is 5.19. The quantitative estimate of drug-likeness (QED) is 0.435. The highest BCUT2D eigenvalue weighted by atomic mass is 16.5. The Bertz CT molecular complexity index is 956. The van der Waals surface area contributed by atoms with Crippen molar-refractivity contribution in [1.82, 2.24) is 14.8 Å². The molecule has 0 bridgehead atoms. The maximum atomic E-state index is 12.8. The number of Topliss-reactive ketones (excluding diaryl/α,β-unsaturated/α-hetero) is 1. The van der Waals surface area contributed by atoms with Crippen molar-refractivity contribution in [2.75, 3.05) is 34.3 Å². The van der Waals surface area contributed by atoms with E-state index in [0.717, 1.165) is 0 Å². The van der Waals surface area contributed by atoms with Gasteiger partial charge in [0.1, 0.15) is 17.3 Å². The molecule has 1 aromatic carbocycles. The van der Waals surface area contributed by atoms with E-state index in [0.29, 0.717) is 24.4 Å². The molecule has 0 aliphatic carbocycles. The molecule has 0 radical (unpaired) electrons. The topological polar surface area (TPSA) is 103 Å². The summed E-state index contributed by atoms with van der Waals surface area (Å²) in [5, 5.41) is 21.2. The molecule has 1 aliphatic heterocycles. The SMILES string of the molecule is COc1ccc(C(O)=C2C(=O)C(=O)N(CCN(C)C)[C@@H]2c2ccncc2)c(O)c1. The average Bonchev–Trinajstić information content (AvgIpc) is 2.97. The number of likely N-dealkylation sites (tertiary alicyclic amines) is 1. The first-order chi connectivity index (χ1) is 13.8. The van der Waals surface area contributed by atoms with Gasteiger partial charge in [-0.1, -0.05) is 0 Å². The Morgan fingerprint density at radius 1 is 1.21 bits per heavy atom. The number of amides is 1. The maximum absolute atomic E-state index is 12.8. The van der Waals surface area contributed by atoms with Gasteiger partial charge in [0.2, 0.25) is 0 Å². The van der Waals surface area contributed by atoms with E-state index >= 15 is 0 Å². The van der Waals surface area contributed by atoms with Gasteiger partial charge in [0, 0.05) is 31.5 Å². The molecule has 1 aromatic heterocycles. The van der Waals surface area contributed by atoms with E-state index in [1.54, 1.807) is 30.6 Å². The van der Waals surface area contributed by atoms with Crippen molar-refractivity contribution in [3.63, 3.8) is 0 Å². The number of methoxy groups -OCH3 is 1. The lowest BCUT2D eigenvalue weighted by molar-refractivity contribution is -0.140. The molecule has 29 heavy (non-hydrogen) atoms. The molecule has 3 rings (SSSR count). The standard InChI is InChI=1S/C21H23N3O5/c1-23(2)10-11-24-18(13-6-8-22-9-7-13)17(20(27)21(24)28)19(26)15-5-4-14(29-3)12-16(15)25/h4-9,12,18,25-26H,10-11H2,1-3H3/t18-/m1/s1. The van der Waals surface area contributed by atoms with Crippen molar-refractivity contribution in [2.45, 2.75) is 6.04 Å². The Balaban J connectivity index is 2.15. The molecule has 8 heteroatoms. The van der Waals surface area contributed by atoms with E-state index in [9.17, 15) is 19.8 Å². The van der Waals surface area contributed by atoms with Crippen LogP contribution in [0.4, 0.5) is 0 Å². The third-order valence-corrected chi connectivity index (χ3v) is 4.81. The summed E-state index contributed by atoms with van der Waals surface area (Å²) in [6, 6.07) is 6.94. The van der Waals surface area contributed by atoms with Crippen LogP contribution in [0.25, 0.3) is 5.76 Å². The van der Waals surface area contributed by atoms with Crippen LogP contribution in [0.3, 0.4) is 0 Å². The molecule has 1 fully saturated rings. The lowest BCUT2D eigenvalue weighted by Crippen LogP contribution is -2.35. The summed E-state index contributed by atoms with van der Waals surface area (Å²) >= 11 is 0. The molecular weight excluding hydrogens is 374 g/mol. The zero-order chi connectivity index (χ0) is 21.1. The Kier molecular flexibility index (Phi) is 5.84. The first kappa shape index (κ1) is 20.3. The van der Waals surface area contributed by atoms with Crippen molar-refractivity contribution in [2.24, 2.45) is 0 Å². The number of aromatic hydroxyl groups is 1. The van der Waals surface area contributed by atoms with Gasteiger partial charge in [0.25, 0.3) is 11.7 Å². The summed E-state index contributed by atoms with van der Waals surface area (Å²) in [5.41, 5.74) is 0.628. The number of aliphatic hydroxyl groups is 1. The number of hydrogen-bond acceptors (Lipinski definition) is 7. The predicted octanol–water partition coefficient (Wildman–Crippen LogP) is 1.78. The molecule has 1 aliphatic rings. The van der Waals surface area contributed by atoms with Crippen molar-refractivity contribution in [3.8, 4) is 11.5 Å². The second kappa shape index (κ2) is 8.32. The largest absolute Gasteiger partial charge is 0.507 e. The number of ketones is 1. The second-order valence-electron chi connectivity index (χ2n) is 6.96. The zero-order valence-electron chi connectivity index (χ0n) is 16.5. The molecule has 152 valence electrons. The number of phenolic OH excluding ortho intramolecular Hbond substituents is 1. The van der Waals surface area contributed by atoms with Crippen LogP contribution in [-0.2, 0) is 9.59 Å². The van der Waals surface area contributed by atoms with Crippen molar-refractivity contribution < 1.29 is 24.5 Å². The van der Waals surface area contributed by atoms with Crippen molar-refractivity contribution >= 4 is 17.4 Å². The Hall–Kier alpha value is -3.39. The number of carbonyl (C=O) groups is 2. The zero-order valence-corrected chi connectivity index (χ0v) is 16.5. The lowest BCUT2D eigenvalue weighted by Gasteiger charge is -2.26. The van der Waals surface area contributed by atoms with Crippen LogP contribution in [0.15, 0.2) is 48.3 Å². The highest BCUT2D eigenvalue weighted by Crippen LogP contribution is 2.40. The first-order valence-electron chi connectivity index (χ1n) is 9.05. The number of ether oxygens (including phenoxy) is 1. The predicted molar refractivity (Wildman–Crippen MR) is 106 cm³/mol. The molecule has 8 nitrogen and oxygen atoms in total. The molecule has 0 unspecified atom stereocenters. The van der Waals surface area contributed by atoms with Crippen LogP contribution in [-0.4, -0.2) is 71.0 Å². The molecule has 0 saturated carbocycles. The van der Waals surface area contributed by atoms with Crippen LogP contribution in [0.2, 0.25) is 0 Å². The Morgan fingerprint density at radius 3 is 2.48 bits per heavy atom. The normalized spacial score (nSPS) is 18.5. The van der Waals surface area contributed by atoms with E-state index in [2.05, 4.69) is 4.98 Å². The summed E-state index contributed by atoms with van der Waals surface area (Å²) in [6.45, 7) is 0.846. The maximum Gasteiger partial charge on any atom is 0.295 e. The van der Waals surface area contributed by atoms with Gasteiger partial charge in [-0.15, -0.1) is 0 Å². The fraction of sp³-hybridized carbons (Fsp3) is 0.286. The minimum absolute atomic E-state index is 0.0514. The highest BCUT2D eigenvalue weighted by molar-refractivity contribution is 6.46. The first-order valence-corrected chi connectivity index (χ1v) is 9.05. The van der Waals surface area contributed by atoms with Gasteiger partial charge in [-0.3, -0.25) is 14.6 Å². The molecular formula is C21H23N3O5. The van der Waals surface area contributed by atoms with Gasteiger partial charge in [-0.25, -0.2) is 0 Å². The second-order valence-corrected chi connectivity index (χ2v) is 6.96. The number of benzene rings is 1. The van der Waals surface area contributed by atoms with Crippen molar-refractivity contribution in [1.29, 1.82) is 0 Å². The number of rotatable bonds is 6. The van der Waals surface area contributed by atoms with Crippen LogP contribution in [0.1, 0.15) is 17.2 Å². The van der Waals surface area contributed by atoms with Gasteiger partial charge < -0.3 is 24.7 Å². The van der Waals surface area contributed by atoms with Gasteiger partial charge in [-0.2, -0.15) is 0 Å². The summed E-state index contributed by atoms with van der Waals surface area (Å²) < 4.78 is 5.06. The smallest absolute Gasteiger partial charge is 0.295 e. The molecule has 0 spiro atoms. The van der Waals surface area contributed by atoms with E-state index < -0.39 is 23.5 Å². The number of aromatic nitrogens is 1. The van der Waals surface area contributed by atoms with Crippen LogP contribution >= 0.6 is 0 Å². The Labute approximate surface area is 168 Å². The van der Waals surface area contributed by atoms with Crippen LogP contribution in [0.5, 0.6) is 11.5 Å². The summed E-state index contributed by atoms with van der Waals surface area (Å²) in [6.07, 6.45) is 3.12. The lowest BCUT2D eigenvalue weighted by atomic mass is 9.95. The number of likely N-dealkylation sites (N-methyl/N-ethyl adjacent to an activating group) is 1. The van der Waals surface area contributed by atoms with E-state index in [1.807, 2.05) is 19.0 Å². The monoisotopic (exact) mass is 397 g/mol. The van der Waals surface area contributed by atoms with Gasteiger partial charge in [0.05, 0.1) is 24.3 Å². The minimum Gasteiger partial charge on any atom is -0.507 e. The third-order valence-electron chi connectivity index (χ3n) is 4.81. The van der Waals surface area contributed by atoms with Crippen LogP contribution in [0, 0.1) is 0 Å². The molecule has 1 saturated heterocycles. The number of carbonyl (C=O) groups excluding carboxylic acids is 2. The van der Waals surface area contributed by atoms with Gasteiger partial charge in [-0.05, 0) is 43.9 Å². The average molecular weight is 397 g/mol. The van der Waals surface area contributed by atoms with E-state index in [-0.39, 0.29) is 16.9 Å². The van der Waals surface area contributed by atoms with Gasteiger partial charge >= 0.3 is 0 Å². The van der Waals surface area contributed by atoms with Gasteiger partial charge in [0.15, 0.2) is 0 Å². The number of nitrogens with zero attached hydrogens (tertiary/aromatic N) is 3. The molecule has 2 N–H and O–H groups in total. The molecule has 2 aromatic rings.